The van der Waals surface area contributed by atoms with Crippen LogP contribution < -0.4 is 0 Å². The average Bonchev–Trinajstić information content (AvgIpc) is 2.19. The molecule has 1 heterocycles. The van der Waals surface area contributed by atoms with Gasteiger partial charge in [-0.1, -0.05) is 32.4 Å². The van der Waals surface area contributed by atoms with Crippen LogP contribution in [0.5, 0.6) is 0 Å². The van der Waals surface area contributed by atoms with Gasteiger partial charge in [-0.25, -0.2) is 9.97 Å². The highest BCUT2D eigenvalue weighted by Crippen LogP contribution is 2.20. The number of aryl methyl sites for hydroxylation is 1. The summed E-state index contributed by atoms with van der Waals surface area (Å²) in [5.74, 6) is 1.69. The first-order chi connectivity index (χ1) is 7.04. The molecule has 0 aromatic carbocycles. The van der Waals surface area contributed by atoms with E-state index in [4.69, 9.17) is 11.6 Å². The smallest absolute Gasteiger partial charge is 0.140 e. The first kappa shape index (κ1) is 12.8. The molecule has 0 aliphatic heterocycles. The van der Waals surface area contributed by atoms with Crippen LogP contribution in [0.3, 0.4) is 0 Å². The van der Waals surface area contributed by atoms with Crippen molar-refractivity contribution in [1.82, 2.24) is 9.97 Å². The van der Waals surface area contributed by atoms with Gasteiger partial charge in [0.05, 0.1) is 5.75 Å². The van der Waals surface area contributed by atoms with E-state index in [-0.39, 0.29) is 0 Å². The molecule has 0 aliphatic carbocycles. The summed E-state index contributed by atoms with van der Waals surface area (Å²) in [6, 6.07) is 0. The van der Waals surface area contributed by atoms with Gasteiger partial charge >= 0.3 is 0 Å². The van der Waals surface area contributed by atoms with Crippen LogP contribution in [-0.2, 0) is 12.2 Å². The Bertz CT molecular complexity index is 340. The second-order valence-electron chi connectivity index (χ2n) is 3.72. The van der Waals surface area contributed by atoms with Gasteiger partial charge in [0.15, 0.2) is 0 Å². The van der Waals surface area contributed by atoms with E-state index >= 15 is 0 Å². The topological polar surface area (TPSA) is 25.8 Å². The van der Waals surface area contributed by atoms with Gasteiger partial charge < -0.3 is 0 Å². The summed E-state index contributed by atoms with van der Waals surface area (Å²) < 4.78 is 0. The van der Waals surface area contributed by atoms with Gasteiger partial charge in [-0.3, -0.25) is 0 Å². The highest BCUT2D eigenvalue weighted by Gasteiger charge is 2.08. The summed E-state index contributed by atoms with van der Waals surface area (Å²) >= 11 is 7.89. The van der Waals surface area contributed by atoms with Crippen LogP contribution in [0.2, 0.25) is 5.15 Å². The minimum Gasteiger partial charge on any atom is -0.237 e. The van der Waals surface area contributed by atoms with Gasteiger partial charge in [0.2, 0.25) is 0 Å². The molecule has 15 heavy (non-hydrogen) atoms. The summed E-state index contributed by atoms with van der Waals surface area (Å²) in [7, 11) is 0. The number of hydrogen-bond acceptors (Lipinski definition) is 3. The van der Waals surface area contributed by atoms with Crippen LogP contribution in [0.4, 0.5) is 0 Å². The molecule has 0 saturated heterocycles. The lowest BCUT2D eigenvalue weighted by Gasteiger charge is -2.08. The molecular formula is C11H17ClN2S. The van der Waals surface area contributed by atoms with Crippen molar-refractivity contribution in [2.75, 3.05) is 0 Å². The molecule has 2 nitrogen and oxygen atoms in total. The van der Waals surface area contributed by atoms with Crippen molar-refractivity contribution >= 4 is 23.4 Å². The molecule has 0 amide bonds. The Kier molecular flexibility index (Phi) is 4.87. The molecule has 0 radical (unpaired) electrons. The molecule has 0 spiro atoms. The summed E-state index contributed by atoms with van der Waals surface area (Å²) in [5, 5.41) is 1.19. The number of hydrogen-bond donors (Lipinski definition) is 0. The molecule has 0 aliphatic rings. The maximum Gasteiger partial charge on any atom is 0.140 e. The third kappa shape index (κ3) is 3.65. The van der Waals surface area contributed by atoms with Gasteiger partial charge in [0.1, 0.15) is 11.0 Å². The van der Waals surface area contributed by atoms with Crippen LogP contribution in [0, 0.1) is 6.92 Å². The summed E-state index contributed by atoms with van der Waals surface area (Å²) in [6.45, 7) is 8.40. The first-order valence-electron chi connectivity index (χ1n) is 5.18. The van der Waals surface area contributed by atoms with Crippen LogP contribution in [0.15, 0.2) is 0 Å². The quantitative estimate of drug-likeness (QED) is 0.757. The lowest BCUT2D eigenvalue weighted by Crippen LogP contribution is -2.02. The zero-order valence-electron chi connectivity index (χ0n) is 9.67. The van der Waals surface area contributed by atoms with Crippen molar-refractivity contribution in [3.8, 4) is 0 Å². The second-order valence-corrected chi connectivity index (χ2v) is 5.64. The van der Waals surface area contributed by atoms with E-state index in [0.717, 1.165) is 29.3 Å². The van der Waals surface area contributed by atoms with Crippen molar-refractivity contribution in [3.05, 3.63) is 22.2 Å². The highest BCUT2D eigenvalue weighted by atomic mass is 35.5. The molecule has 0 saturated carbocycles. The van der Waals surface area contributed by atoms with Crippen molar-refractivity contribution in [1.29, 1.82) is 0 Å². The molecule has 0 bridgehead atoms. The molecule has 1 aromatic heterocycles. The van der Waals surface area contributed by atoms with Gasteiger partial charge in [0.25, 0.3) is 0 Å². The SMILES string of the molecule is CCc1nc(CSC(C)C)nc(Cl)c1C. The number of nitrogens with zero attached hydrogens (tertiary/aromatic N) is 2. The Labute approximate surface area is 101 Å². The fraction of sp³-hybridized carbons (Fsp3) is 0.636. The Morgan fingerprint density at radius 2 is 2.00 bits per heavy atom. The maximum atomic E-state index is 6.05. The molecule has 84 valence electrons. The summed E-state index contributed by atoms with van der Waals surface area (Å²) in [5.41, 5.74) is 2.08. The summed E-state index contributed by atoms with van der Waals surface area (Å²) in [6.07, 6.45) is 0.910. The van der Waals surface area contributed by atoms with Crippen molar-refractivity contribution < 1.29 is 0 Å². The number of aromatic nitrogens is 2. The van der Waals surface area contributed by atoms with Gasteiger partial charge in [-0.2, -0.15) is 11.8 Å². The van der Waals surface area contributed by atoms with E-state index in [1.807, 2.05) is 18.7 Å². The molecule has 0 fully saturated rings. The molecule has 4 heteroatoms. The van der Waals surface area contributed by atoms with Crippen molar-refractivity contribution in [3.63, 3.8) is 0 Å². The third-order valence-corrected chi connectivity index (χ3v) is 3.57. The zero-order valence-corrected chi connectivity index (χ0v) is 11.2. The zero-order chi connectivity index (χ0) is 11.4. The predicted octanol–water partition coefficient (Wildman–Crippen LogP) is 3.64. The van der Waals surface area contributed by atoms with E-state index < -0.39 is 0 Å². The van der Waals surface area contributed by atoms with E-state index in [0.29, 0.717) is 10.4 Å². The molecular weight excluding hydrogens is 228 g/mol. The lowest BCUT2D eigenvalue weighted by molar-refractivity contribution is 0.916. The van der Waals surface area contributed by atoms with Gasteiger partial charge in [-0.15, -0.1) is 0 Å². The maximum absolute atomic E-state index is 6.05. The fourth-order valence-corrected chi connectivity index (χ4v) is 2.05. The minimum absolute atomic E-state index is 0.596. The summed E-state index contributed by atoms with van der Waals surface area (Å²) in [4.78, 5) is 8.79. The molecule has 0 atom stereocenters. The first-order valence-corrected chi connectivity index (χ1v) is 6.60. The highest BCUT2D eigenvalue weighted by molar-refractivity contribution is 7.99. The van der Waals surface area contributed by atoms with Crippen molar-refractivity contribution in [2.45, 2.75) is 45.1 Å². The second kappa shape index (κ2) is 5.71. The van der Waals surface area contributed by atoms with Gasteiger partial charge in [-0.05, 0) is 18.6 Å². The normalized spacial score (nSPS) is 11.1. The van der Waals surface area contributed by atoms with E-state index in [1.165, 1.54) is 0 Å². The number of rotatable bonds is 4. The predicted molar refractivity (Wildman–Crippen MR) is 67.6 cm³/mol. The third-order valence-electron chi connectivity index (χ3n) is 2.11. The van der Waals surface area contributed by atoms with Crippen LogP contribution in [0.1, 0.15) is 37.9 Å². The van der Waals surface area contributed by atoms with Crippen LogP contribution >= 0.6 is 23.4 Å². The average molecular weight is 245 g/mol. The van der Waals surface area contributed by atoms with Crippen molar-refractivity contribution in [2.24, 2.45) is 0 Å². The largest absolute Gasteiger partial charge is 0.237 e. The Hall–Kier alpha value is -0.280. The lowest BCUT2D eigenvalue weighted by atomic mass is 10.2. The molecule has 0 N–H and O–H groups in total. The minimum atomic E-state index is 0.596. The Morgan fingerprint density at radius 1 is 1.33 bits per heavy atom. The standard InChI is InChI=1S/C11H17ClN2S/c1-5-9-8(4)11(12)14-10(13-9)6-15-7(2)3/h7H,5-6H2,1-4H3. The monoisotopic (exact) mass is 244 g/mol. The van der Waals surface area contributed by atoms with Crippen LogP contribution in [-0.4, -0.2) is 15.2 Å². The number of thioether (sulfide) groups is 1. The molecule has 0 unspecified atom stereocenters. The van der Waals surface area contributed by atoms with E-state index in [1.54, 1.807) is 0 Å². The molecule has 1 rings (SSSR count). The molecule has 1 aromatic rings. The van der Waals surface area contributed by atoms with Gasteiger partial charge in [0, 0.05) is 11.3 Å². The number of halogens is 1. The Balaban J connectivity index is 2.86. The van der Waals surface area contributed by atoms with E-state index in [2.05, 4.69) is 30.7 Å². The Morgan fingerprint density at radius 3 is 2.53 bits per heavy atom. The fourth-order valence-electron chi connectivity index (χ4n) is 1.23. The van der Waals surface area contributed by atoms with Crippen LogP contribution in [0.25, 0.3) is 0 Å². The van der Waals surface area contributed by atoms with E-state index in [9.17, 15) is 0 Å².